The maximum Gasteiger partial charge on any atom is 0.276 e. The number of rotatable bonds is 3. The highest BCUT2D eigenvalue weighted by Gasteiger charge is 2.13. The first-order valence-electron chi connectivity index (χ1n) is 8.15. The van der Waals surface area contributed by atoms with Crippen molar-refractivity contribution >= 4 is 60.9 Å². The molecule has 27 heavy (non-hydrogen) atoms. The highest BCUT2D eigenvalue weighted by molar-refractivity contribution is 9.10. The highest BCUT2D eigenvalue weighted by Crippen LogP contribution is 2.23. The third-order valence-electron chi connectivity index (χ3n) is 4.30. The van der Waals surface area contributed by atoms with E-state index in [1.807, 2.05) is 19.1 Å². The zero-order chi connectivity index (χ0) is 19.1. The second-order valence-corrected chi connectivity index (χ2v) is 7.51. The third kappa shape index (κ3) is 3.36. The molecule has 0 radical (unpaired) electrons. The number of anilines is 1. The molecule has 1 amide bonds. The van der Waals surface area contributed by atoms with E-state index >= 15 is 0 Å². The maximum absolute atomic E-state index is 12.6. The van der Waals surface area contributed by atoms with Crippen LogP contribution in [0.2, 0.25) is 5.02 Å². The summed E-state index contributed by atoms with van der Waals surface area (Å²) in [5.41, 5.74) is 2.70. The van der Waals surface area contributed by atoms with E-state index in [0.717, 1.165) is 20.9 Å². The second-order valence-electron chi connectivity index (χ2n) is 6.22. The molecule has 0 spiro atoms. The Morgan fingerprint density at radius 1 is 1.26 bits per heavy atom. The van der Waals surface area contributed by atoms with E-state index in [1.165, 1.54) is 10.9 Å². The summed E-state index contributed by atoms with van der Waals surface area (Å²) in [5.74, 6) is -0.305. The van der Waals surface area contributed by atoms with Crippen LogP contribution in [0.4, 0.5) is 5.69 Å². The van der Waals surface area contributed by atoms with Crippen LogP contribution < -0.4 is 10.9 Å². The van der Waals surface area contributed by atoms with Crippen LogP contribution in [0.15, 0.2) is 51.9 Å². The average Bonchev–Trinajstić information content (AvgIpc) is 2.94. The van der Waals surface area contributed by atoms with Crippen molar-refractivity contribution < 1.29 is 4.79 Å². The van der Waals surface area contributed by atoms with Gasteiger partial charge in [-0.3, -0.25) is 19.7 Å². The predicted octanol–water partition coefficient (Wildman–Crippen LogP) is 4.24. The molecule has 0 fully saturated rings. The fourth-order valence-electron chi connectivity index (χ4n) is 2.96. The van der Waals surface area contributed by atoms with Crippen molar-refractivity contribution in [3.8, 4) is 0 Å². The Morgan fingerprint density at radius 2 is 2.07 bits per heavy atom. The molecule has 0 unspecified atom stereocenters. The van der Waals surface area contributed by atoms with Crippen LogP contribution in [0.3, 0.4) is 0 Å². The monoisotopic (exact) mass is 444 g/mol. The topological polar surface area (TPSA) is 79.8 Å². The zero-order valence-electron chi connectivity index (χ0n) is 14.2. The van der Waals surface area contributed by atoms with Crippen LogP contribution in [0.1, 0.15) is 5.56 Å². The molecule has 0 saturated carbocycles. The van der Waals surface area contributed by atoms with Gasteiger partial charge in [0.1, 0.15) is 6.54 Å². The fraction of sp³-hybridized carbons (Fsp3) is 0.105. The molecule has 6 nitrogen and oxygen atoms in total. The van der Waals surface area contributed by atoms with E-state index in [-0.39, 0.29) is 18.0 Å². The molecule has 2 heterocycles. The summed E-state index contributed by atoms with van der Waals surface area (Å²) in [5, 5.41) is 7.51. The molecule has 2 aromatic heterocycles. The normalized spacial score (nSPS) is 11.2. The van der Waals surface area contributed by atoms with Crippen LogP contribution >= 0.6 is 27.5 Å². The molecule has 0 saturated heterocycles. The molecular formula is C19H14BrClN4O2. The highest BCUT2D eigenvalue weighted by atomic mass is 79.9. The van der Waals surface area contributed by atoms with Crippen LogP contribution in [0.5, 0.6) is 0 Å². The number of aromatic nitrogens is 3. The van der Waals surface area contributed by atoms with Gasteiger partial charge in [-0.05, 0) is 48.9 Å². The summed E-state index contributed by atoms with van der Waals surface area (Å²) in [6, 6.07) is 10.8. The summed E-state index contributed by atoms with van der Waals surface area (Å²) in [4.78, 5) is 29.3. The van der Waals surface area contributed by atoms with Gasteiger partial charge >= 0.3 is 0 Å². The van der Waals surface area contributed by atoms with E-state index in [1.54, 1.807) is 24.3 Å². The number of aryl methyl sites for hydroxylation is 1. The molecule has 0 aliphatic rings. The van der Waals surface area contributed by atoms with Gasteiger partial charge in [0.15, 0.2) is 0 Å². The summed E-state index contributed by atoms with van der Waals surface area (Å²) in [7, 11) is 0. The molecule has 0 aliphatic carbocycles. The molecule has 2 aromatic carbocycles. The number of pyridine rings is 1. The summed E-state index contributed by atoms with van der Waals surface area (Å²) in [6.45, 7) is 1.80. The molecule has 4 rings (SSSR count). The van der Waals surface area contributed by atoms with Gasteiger partial charge in [0.2, 0.25) is 5.91 Å². The largest absolute Gasteiger partial charge is 0.324 e. The number of fused-ring (bicyclic) bond motifs is 3. The van der Waals surface area contributed by atoms with E-state index in [4.69, 9.17) is 11.6 Å². The lowest BCUT2D eigenvalue weighted by molar-refractivity contribution is -0.116. The standard InChI is InChI=1S/C19H14BrClN4O2/c1-10-6-12(3-4-15(10)20)23-17(26)9-25-19(27)14-8-22-16-5-2-11(21)7-13(16)18(14)24-25/h2-8,24H,9H2,1H3,(H,23,26). The van der Waals surface area contributed by atoms with Crippen molar-refractivity contribution in [2.45, 2.75) is 13.5 Å². The smallest absolute Gasteiger partial charge is 0.276 e. The first-order chi connectivity index (χ1) is 12.9. The molecule has 136 valence electrons. The Bertz CT molecular complexity index is 1260. The van der Waals surface area contributed by atoms with Crippen LogP contribution in [0.25, 0.3) is 21.8 Å². The number of nitrogens with zero attached hydrogens (tertiary/aromatic N) is 2. The number of hydrogen-bond acceptors (Lipinski definition) is 3. The molecule has 4 aromatic rings. The number of benzene rings is 2. The van der Waals surface area contributed by atoms with Gasteiger partial charge in [-0.25, -0.2) is 4.68 Å². The summed E-state index contributed by atoms with van der Waals surface area (Å²) < 4.78 is 2.23. The molecule has 2 N–H and O–H groups in total. The number of nitrogens with one attached hydrogen (secondary N) is 2. The minimum atomic E-state index is -0.305. The minimum Gasteiger partial charge on any atom is -0.324 e. The second kappa shape index (κ2) is 6.83. The molecule has 0 atom stereocenters. The van der Waals surface area contributed by atoms with Crippen molar-refractivity contribution in [1.29, 1.82) is 0 Å². The Labute approximate surface area is 167 Å². The Hall–Kier alpha value is -2.64. The van der Waals surface area contributed by atoms with Gasteiger partial charge in [-0.15, -0.1) is 0 Å². The van der Waals surface area contributed by atoms with E-state index in [9.17, 15) is 9.59 Å². The van der Waals surface area contributed by atoms with Crippen molar-refractivity contribution in [3.63, 3.8) is 0 Å². The van der Waals surface area contributed by atoms with Crippen molar-refractivity contribution in [2.24, 2.45) is 0 Å². The molecule has 8 heteroatoms. The predicted molar refractivity (Wildman–Crippen MR) is 110 cm³/mol. The number of hydrogen-bond donors (Lipinski definition) is 2. The van der Waals surface area contributed by atoms with Crippen LogP contribution in [-0.4, -0.2) is 20.7 Å². The van der Waals surface area contributed by atoms with Gasteiger partial charge in [0.05, 0.1) is 16.4 Å². The Morgan fingerprint density at radius 3 is 2.85 bits per heavy atom. The molecule has 0 aliphatic heterocycles. The van der Waals surface area contributed by atoms with Crippen molar-refractivity contribution in [3.05, 3.63) is 68.0 Å². The van der Waals surface area contributed by atoms with Gasteiger partial charge < -0.3 is 5.32 Å². The van der Waals surface area contributed by atoms with Gasteiger partial charge in [-0.1, -0.05) is 27.5 Å². The molecular weight excluding hydrogens is 432 g/mol. The number of H-pyrrole nitrogens is 1. The van der Waals surface area contributed by atoms with Crippen molar-refractivity contribution in [2.75, 3.05) is 5.32 Å². The van der Waals surface area contributed by atoms with Gasteiger partial charge in [-0.2, -0.15) is 0 Å². The summed E-state index contributed by atoms with van der Waals surface area (Å²) >= 11 is 9.49. The SMILES string of the molecule is Cc1cc(NC(=O)Cn2[nH]c3c(cnc4ccc(Cl)cc43)c2=O)ccc1Br. The number of amides is 1. The first kappa shape index (κ1) is 17.8. The minimum absolute atomic E-state index is 0.134. The lowest BCUT2D eigenvalue weighted by Gasteiger charge is -2.07. The van der Waals surface area contributed by atoms with E-state index in [2.05, 4.69) is 31.3 Å². The first-order valence-corrected chi connectivity index (χ1v) is 9.32. The van der Waals surface area contributed by atoms with Crippen molar-refractivity contribution in [1.82, 2.24) is 14.8 Å². The Balaban J connectivity index is 1.67. The average molecular weight is 446 g/mol. The quantitative estimate of drug-likeness (QED) is 0.495. The van der Waals surface area contributed by atoms with Crippen LogP contribution in [-0.2, 0) is 11.3 Å². The fourth-order valence-corrected chi connectivity index (χ4v) is 3.38. The lowest BCUT2D eigenvalue weighted by Crippen LogP contribution is -2.26. The number of aromatic amines is 1. The van der Waals surface area contributed by atoms with E-state index < -0.39 is 0 Å². The Kier molecular flexibility index (Phi) is 4.49. The van der Waals surface area contributed by atoms with Crippen LogP contribution in [0, 0.1) is 6.92 Å². The number of carbonyl (C=O) groups excluding carboxylic acids is 1. The number of halogens is 2. The van der Waals surface area contributed by atoms with E-state index in [0.29, 0.717) is 21.6 Å². The summed E-state index contributed by atoms with van der Waals surface area (Å²) in [6.07, 6.45) is 1.51. The number of carbonyl (C=O) groups is 1. The third-order valence-corrected chi connectivity index (χ3v) is 5.42. The molecule has 0 bridgehead atoms. The van der Waals surface area contributed by atoms with Gasteiger partial charge in [0.25, 0.3) is 5.56 Å². The van der Waals surface area contributed by atoms with Gasteiger partial charge in [0, 0.05) is 26.8 Å². The zero-order valence-corrected chi connectivity index (χ0v) is 16.6. The lowest BCUT2D eigenvalue weighted by atomic mass is 10.2. The maximum atomic E-state index is 12.6.